The van der Waals surface area contributed by atoms with E-state index in [0.717, 1.165) is 22.4 Å². The van der Waals surface area contributed by atoms with Gasteiger partial charge < -0.3 is 19.5 Å². The van der Waals surface area contributed by atoms with Crippen LogP contribution in [0.4, 0.5) is 11.4 Å². The van der Waals surface area contributed by atoms with E-state index >= 15 is 0 Å². The minimum Gasteiger partial charge on any atom is -0.378 e. The number of nitriles is 1. The molecule has 1 saturated heterocycles. The van der Waals surface area contributed by atoms with Crippen molar-refractivity contribution in [2.24, 2.45) is 7.05 Å². The van der Waals surface area contributed by atoms with Gasteiger partial charge in [0.25, 0.3) is 11.5 Å². The number of benzene rings is 1. The van der Waals surface area contributed by atoms with E-state index in [2.05, 4.69) is 16.4 Å². The molecule has 0 saturated carbocycles. The number of hydrogen-bond acceptors (Lipinski definition) is 6. The van der Waals surface area contributed by atoms with Crippen LogP contribution in [0.1, 0.15) is 35.5 Å². The molecule has 8 heteroatoms. The highest BCUT2D eigenvalue weighted by atomic mass is 16.5. The number of morpholine rings is 1. The topological polar surface area (TPSA) is 100 Å². The van der Waals surface area contributed by atoms with Gasteiger partial charge in [-0.2, -0.15) is 5.26 Å². The summed E-state index contributed by atoms with van der Waals surface area (Å²) < 4.78 is 7.01. The lowest BCUT2D eigenvalue weighted by Crippen LogP contribution is -2.40. The van der Waals surface area contributed by atoms with Crippen LogP contribution in [0, 0.1) is 18.3 Å². The van der Waals surface area contributed by atoms with E-state index < -0.39 is 5.41 Å². The second-order valence-corrected chi connectivity index (χ2v) is 9.26. The van der Waals surface area contributed by atoms with E-state index in [1.54, 1.807) is 42.2 Å². The van der Waals surface area contributed by atoms with Crippen LogP contribution >= 0.6 is 0 Å². The molecule has 3 aromatic rings. The summed E-state index contributed by atoms with van der Waals surface area (Å²) in [6, 6.07) is 13.1. The molecule has 1 aliphatic rings. The maximum Gasteiger partial charge on any atom is 0.273 e. The number of hydrogen-bond donors (Lipinski definition) is 1. The van der Waals surface area contributed by atoms with E-state index in [9.17, 15) is 14.9 Å². The Hall–Kier alpha value is -3.96. The van der Waals surface area contributed by atoms with Gasteiger partial charge in [0.1, 0.15) is 5.69 Å². The fraction of sp³-hybridized carbons (Fsp3) is 0.333. The van der Waals surface area contributed by atoms with Gasteiger partial charge in [-0.05, 0) is 50.6 Å². The van der Waals surface area contributed by atoms with Crippen molar-refractivity contribution in [2.75, 3.05) is 36.5 Å². The van der Waals surface area contributed by atoms with E-state index in [4.69, 9.17) is 4.74 Å². The molecule has 0 spiro atoms. The molecule has 35 heavy (non-hydrogen) atoms. The maximum absolute atomic E-state index is 13.0. The Labute approximate surface area is 204 Å². The number of nitrogens with one attached hydrogen (secondary N) is 1. The highest BCUT2D eigenvalue weighted by Gasteiger charge is 2.21. The van der Waals surface area contributed by atoms with E-state index in [0.29, 0.717) is 43.2 Å². The minimum absolute atomic E-state index is 0.0640. The highest BCUT2D eigenvalue weighted by Crippen LogP contribution is 2.28. The van der Waals surface area contributed by atoms with Gasteiger partial charge in [-0.1, -0.05) is 12.1 Å². The average molecular weight is 472 g/mol. The first-order chi connectivity index (χ1) is 16.7. The van der Waals surface area contributed by atoms with E-state index in [1.165, 1.54) is 0 Å². The first-order valence-electron chi connectivity index (χ1n) is 11.5. The Morgan fingerprint density at radius 1 is 1.20 bits per heavy atom. The normalized spacial score (nSPS) is 13.9. The van der Waals surface area contributed by atoms with Crippen LogP contribution in [0.2, 0.25) is 0 Å². The zero-order chi connectivity index (χ0) is 25.2. The molecule has 180 valence electrons. The summed E-state index contributed by atoms with van der Waals surface area (Å²) >= 11 is 0. The van der Waals surface area contributed by atoms with Crippen LogP contribution < -0.4 is 15.8 Å². The molecule has 1 aliphatic heterocycles. The SMILES string of the molecule is Cc1ncc(NC(=O)c2cccc(C(C)(C)C#N)c2)cc1-c1cc(N2CCOCC2)c(=O)n(C)c1. The largest absolute Gasteiger partial charge is 0.378 e. The van der Waals surface area contributed by atoms with Gasteiger partial charge in [0, 0.05) is 48.7 Å². The molecular weight excluding hydrogens is 442 g/mol. The Balaban J connectivity index is 1.65. The molecule has 1 fully saturated rings. The number of amides is 1. The van der Waals surface area contributed by atoms with Crippen molar-refractivity contribution in [3.8, 4) is 17.2 Å². The number of rotatable bonds is 5. The standard InChI is InChI=1S/C27H29N5O3/c1-18-23(20-13-24(26(34)31(4)16-20)32-8-10-35-11-9-32)14-22(15-29-18)30-25(33)19-6-5-7-21(12-19)27(2,3)17-28/h5-7,12-16H,8-11H2,1-4H3,(H,30,33). The van der Waals surface area contributed by atoms with Gasteiger partial charge in [-0.25, -0.2) is 0 Å². The van der Waals surface area contributed by atoms with Crippen molar-refractivity contribution in [3.05, 3.63) is 76.0 Å². The molecule has 0 radical (unpaired) electrons. The number of ether oxygens (including phenoxy) is 1. The van der Waals surface area contributed by atoms with E-state index in [-0.39, 0.29) is 11.5 Å². The average Bonchev–Trinajstić information content (AvgIpc) is 2.87. The van der Waals surface area contributed by atoms with Crippen molar-refractivity contribution in [1.82, 2.24) is 9.55 Å². The van der Waals surface area contributed by atoms with Crippen molar-refractivity contribution < 1.29 is 9.53 Å². The van der Waals surface area contributed by atoms with Gasteiger partial charge >= 0.3 is 0 Å². The third-order valence-electron chi connectivity index (χ3n) is 6.30. The predicted octanol–water partition coefficient (Wildman–Crippen LogP) is 3.65. The van der Waals surface area contributed by atoms with E-state index in [1.807, 2.05) is 43.9 Å². The van der Waals surface area contributed by atoms with Crippen LogP contribution in [0.15, 0.2) is 53.6 Å². The lowest BCUT2D eigenvalue weighted by molar-refractivity contribution is 0.102. The predicted molar refractivity (Wildman–Crippen MR) is 136 cm³/mol. The second kappa shape index (κ2) is 9.72. The Bertz CT molecular complexity index is 1360. The Morgan fingerprint density at radius 2 is 1.94 bits per heavy atom. The monoisotopic (exact) mass is 471 g/mol. The number of aryl methyl sites for hydroxylation is 2. The number of nitrogens with zero attached hydrogens (tertiary/aromatic N) is 4. The summed E-state index contributed by atoms with van der Waals surface area (Å²) in [6.45, 7) is 8.02. The maximum atomic E-state index is 13.0. The summed E-state index contributed by atoms with van der Waals surface area (Å²) in [4.78, 5) is 32.3. The van der Waals surface area contributed by atoms with Gasteiger partial charge in [-0.3, -0.25) is 14.6 Å². The quantitative estimate of drug-likeness (QED) is 0.610. The molecule has 1 amide bonds. The van der Waals surface area contributed by atoms with Gasteiger partial charge in [0.15, 0.2) is 0 Å². The zero-order valence-electron chi connectivity index (χ0n) is 20.5. The zero-order valence-corrected chi connectivity index (χ0v) is 20.5. The van der Waals surface area contributed by atoms with Crippen LogP contribution in [0.3, 0.4) is 0 Å². The van der Waals surface area contributed by atoms with Crippen LogP contribution in [-0.2, 0) is 17.2 Å². The lowest BCUT2D eigenvalue weighted by Gasteiger charge is -2.28. The minimum atomic E-state index is -0.698. The molecule has 0 unspecified atom stereocenters. The first-order valence-corrected chi connectivity index (χ1v) is 11.5. The molecular formula is C27H29N5O3. The number of carbonyl (C=O) groups excluding carboxylic acids is 1. The number of carbonyl (C=O) groups is 1. The molecule has 3 heterocycles. The fourth-order valence-electron chi connectivity index (χ4n) is 4.08. The molecule has 0 bridgehead atoms. The number of aromatic nitrogens is 2. The van der Waals surface area contributed by atoms with Gasteiger partial charge in [0.2, 0.25) is 0 Å². The highest BCUT2D eigenvalue weighted by molar-refractivity contribution is 6.04. The van der Waals surface area contributed by atoms with Crippen molar-refractivity contribution in [2.45, 2.75) is 26.2 Å². The first kappa shape index (κ1) is 24.2. The molecule has 1 N–H and O–H groups in total. The Kier molecular flexibility index (Phi) is 6.72. The van der Waals surface area contributed by atoms with Crippen LogP contribution in [-0.4, -0.2) is 41.8 Å². The summed E-state index contributed by atoms with van der Waals surface area (Å²) in [6.07, 6.45) is 3.40. The van der Waals surface area contributed by atoms with Gasteiger partial charge in [0.05, 0.1) is 36.6 Å². The third kappa shape index (κ3) is 5.10. The molecule has 0 aliphatic carbocycles. The third-order valence-corrected chi connectivity index (χ3v) is 6.30. The number of pyridine rings is 2. The van der Waals surface area contributed by atoms with Crippen LogP contribution in [0.25, 0.3) is 11.1 Å². The molecule has 1 aromatic carbocycles. The molecule has 4 rings (SSSR count). The van der Waals surface area contributed by atoms with Crippen molar-refractivity contribution in [1.29, 1.82) is 5.26 Å². The smallest absolute Gasteiger partial charge is 0.273 e. The number of anilines is 2. The summed E-state index contributed by atoms with van der Waals surface area (Å²) in [5.41, 5.74) is 4.09. The molecule has 2 aromatic heterocycles. The second-order valence-electron chi connectivity index (χ2n) is 9.26. The Morgan fingerprint density at radius 3 is 2.66 bits per heavy atom. The fourth-order valence-corrected chi connectivity index (χ4v) is 4.08. The van der Waals surface area contributed by atoms with Crippen molar-refractivity contribution in [3.63, 3.8) is 0 Å². The summed E-state index contributed by atoms with van der Waals surface area (Å²) in [5, 5.41) is 12.3. The van der Waals surface area contributed by atoms with Crippen LogP contribution in [0.5, 0.6) is 0 Å². The van der Waals surface area contributed by atoms with Gasteiger partial charge in [-0.15, -0.1) is 0 Å². The summed E-state index contributed by atoms with van der Waals surface area (Å²) in [5.74, 6) is -0.285. The van der Waals surface area contributed by atoms with Crippen molar-refractivity contribution >= 4 is 17.3 Å². The summed E-state index contributed by atoms with van der Waals surface area (Å²) in [7, 11) is 1.74. The molecule has 0 atom stereocenters. The lowest BCUT2D eigenvalue weighted by atomic mass is 9.85. The molecule has 8 nitrogen and oxygen atoms in total.